The molecular formula is C11H15Zr-. The molecule has 0 aliphatic heterocycles. The molecule has 0 N–H and O–H groups in total. The molecule has 2 rings (SSSR count). The van der Waals surface area contributed by atoms with Gasteiger partial charge in [-0.1, -0.05) is 39.0 Å². The monoisotopic (exact) mass is 237 g/mol. The van der Waals surface area contributed by atoms with Crippen LogP contribution in [0.4, 0.5) is 0 Å². The van der Waals surface area contributed by atoms with Crippen LogP contribution in [-0.4, -0.2) is 0 Å². The van der Waals surface area contributed by atoms with Crippen molar-refractivity contribution in [1.82, 2.24) is 0 Å². The summed E-state index contributed by atoms with van der Waals surface area (Å²) < 4.78 is 0. The molecule has 0 amide bonds. The zero-order valence-corrected chi connectivity index (χ0v) is 10.4. The molecule has 1 heteroatoms. The Balaban J connectivity index is 0.000000720. The first-order valence-corrected chi connectivity index (χ1v) is 4.61. The molecule has 2 aliphatic rings. The fourth-order valence-electron chi connectivity index (χ4n) is 2.33. The molecule has 0 heterocycles. The van der Waals surface area contributed by atoms with Gasteiger partial charge in [-0.3, -0.25) is 6.08 Å². The predicted octanol–water partition coefficient (Wildman–Crippen LogP) is 3.25. The molecule has 0 aromatic heterocycles. The van der Waals surface area contributed by atoms with Crippen molar-refractivity contribution in [3.8, 4) is 0 Å². The van der Waals surface area contributed by atoms with Gasteiger partial charge in [0.1, 0.15) is 0 Å². The van der Waals surface area contributed by atoms with Crippen LogP contribution in [0.15, 0.2) is 16.7 Å². The number of rotatable bonds is 0. The van der Waals surface area contributed by atoms with Gasteiger partial charge in [0.15, 0.2) is 0 Å². The molecule has 0 fully saturated rings. The molecule has 1 unspecified atom stereocenters. The Morgan fingerprint density at radius 1 is 1.25 bits per heavy atom. The fraction of sp³-hybridized carbons (Fsp3) is 0.636. The summed E-state index contributed by atoms with van der Waals surface area (Å²) in [7, 11) is 0. The van der Waals surface area contributed by atoms with Crippen LogP contribution in [0.1, 0.15) is 39.5 Å². The van der Waals surface area contributed by atoms with Crippen LogP contribution in [0.5, 0.6) is 0 Å². The minimum absolute atomic E-state index is 0. The van der Waals surface area contributed by atoms with Crippen molar-refractivity contribution in [2.75, 3.05) is 0 Å². The zero-order chi connectivity index (χ0) is 7.84. The van der Waals surface area contributed by atoms with E-state index in [-0.39, 0.29) is 26.2 Å². The van der Waals surface area contributed by atoms with Crippen LogP contribution in [0.3, 0.4) is 0 Å². The van der Waals surface area contributed by atoms with Gasteiger partial charge in [0.05, 0.1) is 0 Å². The van der Waals surface area contributed by atoms with Gasteiger partial charge < -0.3 is 0 Å². The Morgan fingerprint density at radius 3 is 2.58 bits per heavy atom. The third kappa shape index (κ3) is 1.66. The Labute approximate surface area is 94.2 Å². The first-order valence-electron chi connectivity index (χ1n) is 4.61. The second kappa shape index (κ2) is 4.05. The molecule has 1 atom stereocenters. The molecule has 0 bridgehead atoms. The van der Waals surface area contributed by atoms with Crippen LogP contribution in [-0.2, 0) is 26.2 Å². The first-order chi connectivity index (χ1) is 5.29. The van der Waals surface area contributed by atoms with Crippen LogP contribution < -0.4 is 0 Å². The van der Waals surface area contributed by atoms with Crippen molar-refractivity contribution in [1.29, 1.82) is 0 Å². The van der Waals surface area contributed by atoms with E-state index < -0.39 is 0 Å². The number of hydrogen-bond acceptors (Lipinski definition) is 0. The van der Waals surface area contributed by atoms with Gasteiger partial charge in [0.2, 0.25) is 0 Å². The van der Waals surface area contributed by atoms with E-state index in [0.29, 0.717) is 5.92 Å². The molecule has 12 heavy (non-hydrogen) atoms. The SMILES string of the molecule is CC1=[C-]C(C)C2=C1CCCC2.[Zr]. The van der Waals surface area contributed by atoms with Gasteiger partial charge in [-0.25, -0.2) is 5.57 Å². The van der Waals surface area contributed by atoms with Gasteiger partial charge in [-0.2, -0.15) is 11.1 Å². The van der Waals surface area contributed by atoms with Gasteiger partial charge >= 0.3 is 0 Å². The summed E-state index contributed by atoms with van der Waals surface area (Å²) in [5, 5.41) is 0. The largest absolute Gasteiger partial charge is 0.266 e. The summed E-state index contributed by atoms with van der Waals surface area (Å²) in [6.07, 6.45) is 8.95. The molecule has 0 aromatic rings. The van der Waals surface area contributed by atoms with E-state index in [1.165, 1.54) is 31.3 Å². The third-order valence-corrected chi connectivity index (χ3v) is 2.92. The summed E-state index contributed by atoms with van der Waals surface area (Å²) in [5.74, 6) is 0.630. The zero-order valence-electron chi connectivity index (χ0n) is 7.91. The summed E-state index contributed by atoms with van der Waals surface area (Å²) in [5.41, 5.74) is 4.77. The Kier molecular flexibility index (Phi) is 3.52. The van der Waals surface area contributed by atoms with E-state index in [2.05, 4.69) is 19.9 Å². The van der Waals surface area contributed by atoms with E-state index in [4.69, 9.17) is 0 Å². The standard InChI is InChI=1S/C11H15.Zr/c1-8-7-9(2)11-6-4-3-5-10(8)11;/h8H,3-6H2,1-2H3;/q-1;. The normalized spacial score (nSPS) is 27.8. The number of hydrogen-bond donors (Lipinski definition) is 0. The predicted molar refractivity (Wildman–Crippen MR) is 47.1 cm³/mol. The average molecular weight is 238 g/mol. The quantitative estimate of drug-likeness (QED) is 0.568. The average Bonchev–Trinajstić information content (AvgIpc) is 2.30. The maximum Gasteiger partial charge on any atom is 0 e. The van der Waals surface area contributed by atoms with E-state index in [0.717, 1.165) is 0 Å². The van der Waals surface area contributed by atoms with Crippen molar-refractivity contribution in [3.05, 3.63) is 22.8 Å². The maximum atomic E-state index is 3.50. The summed E-state index contributed by atoms with van der Waals surface area (Å²) in [4.78, 5) is 0. The van der Waals surface area contributed by atoms with E-state index >= 15 is 0 Å². The van der Waals surface area contributed by atoms with Crippen molar-refractivity contribution in [3.63, 3.8) is 0 Å². The molecule has 0 spiro atoms. The third-order valence-electron chi connectivity index (χ3n) is 2.92. The van der Waals surface area contributed by atoms with Crippen molar-refractivity contribution in [2.45, 2.75) is 39.5 Å². The van der Waals surface area contributed by atoms with Crippen molar-refractivity contribution < 1.29 is 26.2 Å². The van der Waals surface area contributed by atoms with E-state index in [1.807, 2.05) is 0 Å². The fourth-order valence-corrected chi connectivity index (χ4v) is 2.33. The van der Waals surface area contributed by atoms with Gasteiger partial charge in [-0.05, 0) is 6.42 Å². The molecule has 2 aliphatic carbocycles. The van der Waals surface area contributed by atoms with Crippen molar-refractivity contribution >= 4 is 0 Å². The second-order valence-corrected chi connectivity index (χ2v) is 3.70. The maximum absolute atomic E-state index is 3.50. The number of allylic oxidation sites excluding steroid dienone is 4. The Bertz CT molecular complexity index is 235. The van der Waals surface area contributed by atoms with Gasteiger partial charge in [-0.15, -0.1) is 0 Å². The van der Waals surface area contributed by atoms with Crippen LogP contribution in [0, 0.1) is 12.0 Å². The minimum Gasteiger partial charge on any atom is -0.266 e. The van der Waals surface area contributed by atoms with Crippen LogP contribution in [0.2, 0.25) is 0 Å². The smallest absolute Gasteiger partial charge is 0 e. The second-order valence-electron chi connectivity index (χ2n) is 3.70. The summed E-state index contributed by atoms with van der Waals surface area (Å²) >= 11 is 0. The summed E-state index contributed by atoms with van der Waals surface area (Å²) in [6.45, 7) is 4.49. The Hall–Kier alpha value is 0.363. The molecular weight excluding hydrogens is 223 g/mol. The summed E-state index contributed by atoms with van der Waals surface area (Å²) in [6, 6.07) is 0. The first kappa shape index (κ1) is 10.4. The molecule has 0 saturated heterocycles. The van der Waals surface area contributed by atoms with Crippen molar-refractivity contribution in [2.24, 2.45) is 5.92 Å². The van der Waals surface area contributed by atoms with E-state index in [9.17, 15) is 0 Å². The molecule has 0 nitrogen and oxygen atoms in total. The van der Waals surface area contributed by atoms with Crippen LogP contribution >= 0.6 is 0 Å². The molecule has 0 saturated carbocycles. The van der Waals surface area contributed by atoms with Crippen LogP contribution in [0.25, 0.3) is 0 Å². The topological polar surface area (TPSA) is 0 Å². The molecule has 64 valence electrons. The van der Waals surface area contributed by atoms with Gasteiger partial charge in [0, 0.05) is 26.2 Å². The van der Waals surface area contributed by atoms with E-state index in [1.54, 1.807) is 11.1 Å². The van der Waals surface area contributed by atoms with Gasteiger partial charge in [0.25, 0.3) is 0 Å². The molecule has 0 radical (unpaired) electrons. The molecule has 0 aromatic carbocycles. The minimum atomic E-state index is 0. The Morgan fingerprint density at radius 2 is 1.92 bits per heavy atom.